The molecule has 0 fully saturated rings. The van der Waals surface area contributed by atoms with Crippen molar-refractivity contribution in [3.8, 4) is 11.5 Å². The molecule has 0 aliphatic carbocycles. The maximum Gasteiger partial charge on any atom is 0.119 e. The fraction of sp³-hybridized carbons (Fsp3) is 0.478. The Hall–Kier alpha value is -2.20. The van der Waals surface area contributed by atoms with Crippen LogP contribution in [-0.4, -0.2) is 26.9 Å². The molecule has 2 aromatic carbocycles. The second kappa shape index (κ2) is 13.0. The number of nitrogens with one attached hydrogen (secondary N) is 1. The number of benzene rings is 2. The summed E-state index contributed by atoms with van der Waals surface area (Å²) in [6.45, 7) is 4.98. The van der Waals surface area contributed by atoms with Crippen molar-refractivity contribution >= 4 is 5.69 Å². The maximum atomic E-state index is 5.81. The van der Waals surface area contributed by atoms with E-state index in [4.69, 9.17) is 14.2 Å². The van der Waals surface area contributed by atoms with Crippen LogP contribution < -0.4 is 14.8 Å². The predicted molar refractivity (Wildman–Crippen MR) is 112 cm³/mol. The molecule has 0 heterocycles. The summed E-state index contributed by atoms with van der Waals surface area (Å²) in [5, 5.41) is 3.43. The molecule has 1 N–H and O–H groups in total. The Bertz CT molecular complexity index is 611. The molecule has 148 valence electrons. The minimum Gasteiger partial charge on any atom is -0.494 e. The van der Waals surface area contributed by atoms with E-state index in [0.717, 1.165) is 36.8 Å². The Balaban J connectivity index is 1.67. The van der Waals surface area contributed by atoms with Gasteiger partial charge in [-0.25, -0.2) is 0 Å². The standard InChI is InChI=1S/C23H33NO3/c1-3-4-5-6-7-16-26-22-12-8-20(9-13-22)19-24-21-10-14-23(15-11-21)27-18-17-25-2/h8-15,24H,3-7,16-19H2,1-2H3. The lowest BCUT2D eigenvalue weighted by molar-refractivity contribution is 0.146. The van der Waals surface area contributed by atoms with Gasteiger partial charge in [0.2, 0.25) is 0 Å². The molecule has 0 aliphatic rings. The van der Waals surface area contributed by atoms with Crippen molar-refractivity contribution in [1.82, 2.24) is 0 Å². The van der Waals surface area contributed by atoms with E-state index >= 15 is 0 Å². The van der Waals surface area contributed by atoms with Gasteiger partial charge in [-0.1, -0.05) is 44.7 Å². The monoisotopic (exact) mass is 371 g/mol. The summed E-state index contributed by atoms with van der Waals surface area (Å²) in [4.78, 5) is 0. The lowest BCUT2D eigenvalue weighted by Crippen LogP contribution is -2.04. The van der Waals surface area contributed by atoms with Crippen molar-refractivity contribution in [2.45, 2.75) is 45.6 Å². The maximum absolute atomic E-state index is 5.81. The molecule has 0 aliphatic heterocycles. The van der Waals surface area contributed by atoms with Crippen LogP contribution in [0, 0.1) is 0 Å². The molecule has 0 amide bonds. The zero-order valence-electron chi connectivity index (χ0n) is 16.7. The van der Waals surface area contributed by atoms with Gasteiger partial charge in [-0.15, -0.1) is 0 Å². The smallest absolute Gasteiger partial charge is 0.119 e. The van der Waals surface area contributed by atoms with Crippen LogP contribution in [0.1, 0.15) is 44.6 Å². The van der Waals surface area contributed by atoms with Crippen LogP contribution in [0.3, 0.4) is 0 Å². The highest BCUT2D eigenvalue weighted by atomic mass is 16.5. The van der Waals surface area contributed by atoms with Crippen LogP contribution in [-0.2, 0) is 11.3 Å². The van der Waals surface area contributed by atoms with E-state index in [1.165, 1.54) is 31.2 Å². The third kappa shape index (κ3) is 8.83. The minimum atomic E-state index is 0.566. The first kappa shape index (κ1) is 21.1. The first-order valence-electron chi connectivity index (χ1n) is 9.99. The largest absolute Gasteiger partial charge is 0.494 e. The number of anilines is 1. The van der Waals surface area contributed by atoms with Crippen molar-refractivity contribution in [3.05, 3.63) is 54.1 Å². The highest BCUT2D eigenvalue weighted by molar-refractivity contribution is 5.47. The van der Waals surface area contributed by atoms with Gasteiger partial charge in [0.15, 0.2) is 0 Å². The minimum absolute atomic E-state index is 0.566. The molecular weight excluding hydrogens is 338 g/mol. The van der Waals surface area contributed by atoms with Gasteiger partial charge >= 0.3 is 0 Å². The fourth-order valence-corrected chi connectivity index (χ4v) is 2.72. The molecular formula is C23H33NO3. The molecule has 2 rings (SSSR count). The van der Waals surface area contributed by atoms with Crippen LogP contribution in [0.25, 0.3) is 0 Å². The summed E-state index contributed by atoms with van der Waals surface area (Å²) >= 11 is 0. The highest BCUT2D eigenvalue weighted by Gasteiger charge is 1.99. The third-order valence-corrected chi connectivity index (χ3v) is 4.35. The van der Waals surface area contributed by atoms with Crippen molar-refractivity contribution in [3.63, 3.8) is 0 Å². The van der Waals surface area contributed by atoms with Gasteiger partial charge < -0.3 is 19.5 Å². The lowest BCUT2D eigenvalue weighted by Gasteiger charge is -2.10. The molecule has 0 saturated heterocycles. The van der Waals surface area contributed by atoms with Crippen molar-refractivity contribution in [2.75, 3.05) is 32.2 Å². The molecule has 0 atom stereocenters. The number of unbranched alkanes of at least 4 members (excludes halogenated alkanes) is 4. The Labute approximate surface area is 163 Å². The van der Waals surface area contributed by atoms with Crippen LogP contribution in [0.2, 0.25) is 0 Å². The van der Waals surface area contributed by atoms with Gasteiger partial charge in [0.1, 0.15) is 18.1 Å². The third-order valence-electron chi connectivity index (χ3n) is 4.35. The Morgan fingerprint density at radius 3 is 2.00 bits per heavy atom. The molecule has 0 unspecified atom stereocenters. The Kier molecular flexibility index (Phi) is 10.2. The average molecular weight is 372 g/mol. The molecule has 2 aromatic rings. The van der Waals surface area contributed by atoms with Crippen LogP contribution >= 0.6 is 0 Å². The summed E-state index contributed by atoms with van der Waals surface area (Å²) < 4.78 is 16.4. The van der Waals surface area contributed by atoms with E-state index in [2.05, 4.69) is 36.5 Å². The summed E-state index contributed by atoms with van der Waals surface area (Å²) in [5.74, 6) is 1.81. The van der Waals surface area contributed by atoms with Crippen molar-refractivity contribution < 1.29 is 14.2 Å². The second-order valence-electron chi connectivity index (χ2n) is 6.63. The Morgan fingerprint density at radius 1 is 0.704 bits per heavy atom. The summed E-state index contributed by atoms with van der Waals surface area (Å²) in [7, 11) is 1.67. The Morgan fingerprint density at radius 2 is 1.33 bits per heavy atom. The summed E-state index contributed by atoms with van der Waals surface area (Å²) in [5.41, 5.74) is 2.30. The summed E-state index contributed by atoms with van der Waals surface area (Å²) in [6, 6.07) is 16.3. The van der Waals surface area contributed by atoms with Gasteiger partial charge in [-0.3, -0.25) is 0 Å². The van der Waals surface area contributed by atoms with Gasteiger partial charge in [-0.05, 0) is 48.4 Å². The number of rotatable bonds is 14. The average Bonchev–Trinajstić information content (AvgIpc) is 2.71. The second-order valence-corrected chi connectivity index (χ2v) is 6.63. The number of hydrogen-bond donors (Lipinski definition) is 1. The number of methoxy groups -OCH3 is 1. The van der Waals surface area contributed by atoms with Crippen LogP contribution in [0.5, 0.6) is 11.5 Å². The normalized spacial score (nSPS) is 10.6. The molecule has 4 nitrogen and oxygen atoms in total. The molecule has 0 aromatic heterocycles. The first-order valence-corrected chi connectivity index (χ1v) is 9.99. The lowest BCUT2D eigenvalue weighted by atomic mass is 10.2. The number of ether oxygens (including phenoxy) is 3. The van der Waals surface area contributed by atoms with E-state index in [9.17, 15) is 0 Å². The SMILES string of the molecule is CCCCCCCOc1ccc(CNc2ccc(OCCOC)cc2)cc1. The van der Waals surface area contributed by atoms with Crippen molar-refractivity contribution in [1.29, 1.82) is 0 Å². The quantitative estimate of drug-likeness (QED) is 0.434. The highest BCUT2D eigenvalue weighted by Crippen LogP contribution is 2.18. The zero-order chi connectivity index (χ0) is 19.2. The predicted octanol–water partition coefficient (Wildman–Crippen LogP) is 5.67. The zero-order valence-corrected chi connectivity index (χ0v) is 16.7. The van der Waals surface area contributed by atoms with Crippen LogP contribution in [0.15, 0.2) is 48.5 Å². The molecule has 0 bridgehead atoms. The molecule has 4 heteroatoms. The van der Waals surface area contributed by atoms with E-state index in [1.807, 2.05) is 24.3 Å². The van der Waals surface area contributed by atoms with Gasteiger partial charge in [0.25, 0.3) is 0 Å². The van der Waals surface area contributed by atoms with Gasteiger partial charge in [0, 0.05) is 19.3 Å². The van der Waals surface area contributed by atoms with Gasteiger partial charge in [0.05, 0.1) is 13.2 Å². The van der Waals surface area contributed by atoms with E-state index < -0.39 is 0 Å². The summed E-state index contributed by atoms with van der Waals surface area (Å²) in [6.07, 6.45) is 6.30. The molecule has 0 saturated carbocycles. The topological polar surface area (TPSA) is 39.7 Å². The first-order chi connectivity index (χ1) is 13.3. The number of hydrogen-bond acceptors (Lipinski definition) is 4. The van der Waals surface area contributed by atoms with E-state index in [1.54, 1.807) is 7.11 Å². The molecule has 0 spiro atoms. The van der Waals surface area contributed by atoms with Crippen molar-refractivity contribution in [2.24, 2.45) is 0 Å². The van der Waals surface area contributed by atoms with E-state index in [-0.39, 0.29) is 0 Å². The van der Waals surface area contributed by atoms with Gasteiger partial charge in [-0.2, -0.15) is 0 Å². The van der Waals surface area contributed by atoms with Crippen LogP contribution in [0.4, 0.5) is 5.69 Å². The fourth-order valence-electron chi connectivity index (χ4n) is 2.72. The van der Waals surface area contributed by atoms with E-state index in [0.29, 0.717) is 13.2 Å². The molecule has 27 heavy (non-hydrogen) atoms. The molecule has 0 radical (unpaired) electrons.